The van der Waals surface area contributed by atoms with Gasteiger partial charge in [0.25, 0.3) is 0 Å². The van der Waals surface area contributed by atoms with Gasteiger partial charge < -0.3 is 33.6 Å². The third-order valence-electron chi connectivity index (χ3n) is 7.92. The van der Waals surface area contributed by atoms with E-state index in [-0.39, 0.29) is 24.7 Å². The largest absolute Gasteiger partial charge is 0.415 e. The molecule has 0 fully saturated rings. The Bertz CT molecular complexity index is 914. The zero-order valence-electron chi connectivity index (χ0n) is 26.3. The van der Waals surface area contributed by atoms with Gasteiger partial charge in [0.2, 0.25) is 0 Å². The van der Waals surface area contributed by atoms with Crippen molar-refractivity contribution < 1.29 is 33.6 Å². The van der Waals surface area contributed by atoms with Gasteiger partial charge in [-0.05, 0) is 36.2 Å². The number of aliphatic hydroxyl groups is 2. The molecule has 2 aromatic carbocycles. The molecule has 0 radical (unpaired) electrons. The van der Waals surface area contributed by atoms with E-state index in [2.05, 4.69) is 63.0 Å². The number of nitrogens with zero attached hydrogens (tertiary/aromatic N) is 1. The molecular formula is C32H53NO7Si. The highest BCUT2D eigenvalue weighted by Gasteiger charge is 2.40. The summed E-state index contributed by atoms with van der Waals surface area (Å²) in [6.07, 6.45) is -3.02. The molecule has 2 aromatic rings. The van der Waals surface area contributed by atoms with Crippen LogP contribution in [0.2, 0.25) is 18.1 Å². The highest BCUT2D eigenvalue weighted by molar-refractivity contribution is 6.74. The molecule has 0 amide bonds. The van der Waals surface area contributed by atoms with Crippen LogP contribution in [0.4, 0.5) is 0 Å². The molecule has 2 N–H and O–H groups in total. The van der Waals surface area contributed by atoms with Crippen molar-refractivity contribution in [3.8, 4) is 0 Å². The average Bonchev–Trinajstić information content (AvgIpc) is 2.93. The van der Waals surface area contributed by atoms with Gasteiger partial charge in [-0.15, -0.1) is 0 Å². The number of hydrogen-bond acceptors (Lipinski definition) is 8. The van der Waals surface area contributed by atoms with Crippen LogP contribution >= 0.6 is 0 Å². The number of hydrogen-bond donors (Lipinski definition) is 2. The fraction of sp³-hybridized carbons (Fsp3) is 0.625. The van der Waals surface area contributed by atoms with Gasteiger partial charge in [-0.2, -0.15) is 0 Å². The summed E-state index contributed by atoms with van der Waals surface area (Å²) >= 11 is 0. The van der Waals surface area contributed by atoms with E-state index in [4.69, 9.17) is 23.4 Å². The molecular weight excluding hydrogens is 538 g/mol. The van der Waals surface area contributed by atoms with E-state index in [1.54, 1.807) is 14.0 Å². The minimum absolute atomic E-state index is 0.0195. The summed E-state index contributed by atoms with van der Waals surface area (Å²) in [4.78, 5) is 2.38. The van der Waals surface area contributed by atoms with Gasteiger partial charge in [-0.25, -0.2) is 0 Å². The molecule has 8 nitrogen and oxygen atoms in total. The Labute approximate surface area is 248 Å². The minimum Gasteiger partial charge on any atom is -0.415 e. The lowest BCUT2D eigenvalue weighted by Gasteiger charge is -2.42. The second-order valence-electron chi connectivity index (χ2n) is 12.2. The molecule has 0 unspecified atom stereocenters. The summed E-state index contributed by atoms with van der Waals surface area (Å²) in [5.74, 6) is 0. The maximum absolute atomic E-state index is 10.9. The summed E-state index contributed by atoms with van der Waals surface area (Å²) in [6.45, 7) is 14.5. The van der Waals surface area contributed by atoms with E-state index >= 15 is 0 Å². The van der Waals surface area contributed by atoms with Crippen LogP contribution in [-0.4, -0.2) is 88.3 Å². The lowest BCUT2D eigenvalue weighted by molar-refractivity contribution is -0.169. The Morgan fingerprint density at radius 3 is 1.66 bits per heavy atom. The maximum atomic E-state index is 10.9. The summed E-state index contributed by atoms with van der Waals surface area (Å²) in [7, 11) is 0.991. The summed E-state index contributed by atoms with van der Waals surface area (Å²) in [5.41, 5.74) is 2.34. The summed E-state index contributed by atoms with van der Waals surface area (Å²) in [5, 5.41) is 21.2. The zero-order valence-corrected chi connectivity index (χ0v) is 27.3. The number of aliphatic hydroxyl groups excluding tert-OH is 2. The van der Waals surface area contributed by atoms with Crippen LogP contribution in [0.15, 0.2) is 60.7 Å². The Morgan fingerprint density at radius 2 is 1.24 bits per heavy atom. The molecule has 0 aliphatic heterocycles. The molecule has 0 saturated heterocycles. The molecule has 0 aliphatic rings. The van der Waals surface area contributed by atoms with E-state index < -0.39 is 32.7 Å². The van der Waals surface area contributed by atoms with E-state index in [0.29, 0.717) is 26.1 Å². The van der Waals surface area contributed by atoms with Crippen LogP contribution in [0, 0.1) is 0 Å². The molecule has 41 heavy (non-hydrogen) atoms. The molecule has 9 heteroatoms. The van der Waals surface area contributed by atoms with Gasteiger partial charge in [0.05, 0.1) is 31.0 Å². The van der Waals surface area contributed by atoms with E-state index in [1.807, 2.05) is 36.4 Å². The lowest BCUT2D eigenvalue weighted by atomic mass is 9.97. The van der Waals surface area contributed by atoms with Gasteiger partial charge in [0.15, 0.2) is 8.32 Å². The fourth-order valence-corrected chi connectivity index (χ4v) is 5.40. The Morgan fingerprint density at radius 1 is 0.780 bits per heavy atom. The quantitative estimate of drug-likeness (QED) is 0.171. The molecule has 0 saturated carbocycles. The van der Waals surface area contributed by atoms with Crippen LogP contribution in [-0.2, 0) is 36.5 Å². The first kappa shape index (κ1) is 35.5. The van der Waals surface area contributed by atoms with Crippen molar-refractivity contribution in [2.75, 3.05) is 34.4 Å². The summed E-state index contributed by atoms with van der Waals surface area (Å²) in [6, 6.07) is 20.5. The maximum Gasteiger partial charge on any atom is 0.192 e. The predicted octanol–water partition coefficient (Wildman–Crippen LogP) is 5.19. The molecule has 0 bridgehead atoms. The fourth-order valence-electron chi connectivity index (χ4n) is 4.38. The van der Waals surface area contributed by atoms with Gasteiger partial charge in [-0.3, -0.25) is 4.90 Å². The van der Waals surface area contributed by atoms with E-state index in [1.165, 1.54) is 18.2 Å². The molecule has 5 atom stereocenters. The summed E-state index contributed by atoms with van der Waals surface area (Å²) < 4.78 is 29.6. The van der Waals surface area contributed by atoms with Gasteiger partial charge in [-0.1, -0.05) is 81.4 Å². The smallest absolute Gasteiger partial charge is 0.192 e. The SMILES string of the molecule is COCO[C@@H](C[C@@H](OCOC)[C@H](O)[C@H](C)O)[C@@H](CO[Si](C)(C)C(C)(C)C)N(Cc1ccccc1)Cc1ccccc1. The first-order chi connectivity index (χ1) is 19.4. The first-order valence-corrected chi connectivity index (χ1v) is 17.3. The van der Waals surface area contributed by atoms with Crippen LogP contribution in [0.25, 0.3) is 0 Å². The Hall–Kier alpha value is -1.66. The third kappa shape index (κ3) is 11.9. The van der Waals surface area contributed by atoms with Crippen LogP contribution < -0.4 is 0 Å². The van der Waals surface area contributed by atoms with Crippen molar-refractivity contribution >= 4 is 8.32 Å². The predicted molar refractivity (Wildman–Crippen MR) is 165 cm³/mol. The molecule has 0 aliphatic carbocycles. The lowest BCUT2D eigenvalue weighted by Crippen LogP contribution is -2.53. The Kier molecular flexibility index (Phi) is 15.1. The second-order valence-corrected chi connectivity index (χ2v) is 17.0. The number of benzene rings is 2. The molecule has 0 aromatic heterocycles. The normalized spacial score (nSPS) is 16.4. The van der Waals surface area contributed by atoms with Crippen molar-refractivity contribution in [1.82, 2.24) is 4.90 Å². The van der Waals surface area contributed by atoms with Crippen LogP contribution in [0.1, 0.15) is 45.2 Å². The number of methoxy groups -OCH3 is 2. The van der Waals surface area contributed by atoms with Gasteiger partial charge >= 0.3 is 0 Å². The highest BCUT2D eigenvalue weighted by atomic mass is 28.4. The van der Waals surface area contributed by atoms with Crippen molar-refractivity contribution in [3.63, 3.8) is 0 Å². The Balaban J connectivity index is 2.56. The monoisotopic (exact) mass is 591 g/mol. The van der Waals surface area contributed by atoms with Gasteiger partial charge in [0, 0.05) is 33.7 Å². The average molecular weight is 592 g/mol. The van der Waals surface area contributed by atoms with Crippen LogP contribution in [0.5, 0.6) is 0 Å². The number of rotatable bonds is 19. The van der Waals surface area contributed by atoms with Crippen molar-refractivity contribution in [1.29, 1.82) is 0 Å². The van der Waals surface area contributed by atoms with Crippen molar-refractivity contribution in [2.45, 2.75) is 95.8 Å². The first-order valence-electron chi connectivity index (χ1n) is 14.4. The number of ether oxygens (including phenoxy) is 4. The highest BCUT2D eigenvalue weighted by Crippen LogP contribution is 2.37. The molecule has 0 spiro atoms. The van der Waals surface area contributed by atoms with Crippen molar-refractivity contribution in [3.05, 3.63) is 71.8 Å². The van der Waals surface area contributed by atoms with E-state index in [0.717, 1.165) is 0 Å². The van der Waals surface area contributed by atoms with Crippen molar-refractivity contribution in [2.24, 2.45) is 0 Å². The zero-order chi connectivity index (χ0) is 30.5. The topological polar surface area (TPSA) is 89.9 Å². The van der Waals surface area contributed by atoms with Gasteiger partial charge in [0.1, 0.15) is 19.7 Å². The molecule has 0 heterocycles. The third-order valence-corrected chi connectivity index (χ3v) is 12.4. The van der Waals surface area contributed by atoms with Crippen LogP contribution in [0.3, 0.4) is 0 Å². The molecule has 2 rings (SSSR count). The molecule has 232 valence electrons. The standard InChI is InChI=1S/C32H53NO7Si/c1-25(34)31(35)30(39-24-37-6)19-29(38-23-36-5)28(22-40-41(7,8)32(2,3)4)33(20-26-15-11-9-12-16-26)21-27-17-13-10-14-18-27/h9-18,25,28-31,34-35H,19-24H2,1-8H3/t25-,28+,29-,30+,31+/m0/s1. The second kappa shape index (κ2) is 17.5. The van der Waals surface area contributed by atoms with E-state index in [9.17, 15) is 10.2 Å². The minimum atomic E-state index is -2.13.